The average Bonchev–Trinajstić information content (AvgIpc) is 2.43. The van der Waals surface area contributed by atoms with Crippen LogP contribution >= 0.6 is 23.2 Å². The number of amides is 2. The second-order valence-corrected chi connectivity index (χ2v) is 5.87. The molecule has 0 aromatic heterocycles. The first kappa shape index (κ1) is 15.9. The maximum Gasteiger partial charge on any atom is 0.335 e. The number of urea groups is 1. The van der Waals surface area contributed by atoms with Gasteiger partial charge in [-0.3, -0.25) is 0 Å². The van der Waals surface area contributed by atoms with Crippen LogP contribution in [0, 0.1) is 0 Å². The fourth-order valence-corrected chi connectivity index (χ4v) is 2.98. The van der Waals surface area contributed by atoms with Gasteiger partial charge in [-0.25, -0.2) is 9.59 Å². The van der Waals surface area contributed by atoms with Gasteiger partial charge in [-0.05, 0) is 25.0 Å². The van der Waals surface area contributed by atoms with E-state index < -0.39 is 5.97 Å². The summed E-state index contributed by atoms with van der Waals surface area (Å²) in [5.41, 5.74) is 0.194. The monoisotopic (exact) mass is 330 g/mol. The molecule has 0 saturated heterocycles. The lowest BCUT2D eigenvalue weighted by Gasteiger charge is -2.23. The van der Waals surface area contributed by atoms with Gasteiger partial charge in [0.25, 0.3) is 0 Å². The zero-order valence-corrected chi connectivity index (χ0v) is 12.8. The molecule has 1 aliphatic rings. The summed E-state index contributed by atoms with van der Waals surface area (Å²) >= 11 is 12.0. The van der Waals surface area contributed by atoms with Gasteiger partial charge in [0.15, 0.2) is 0 Å². The van der Waals surface area contributed by atoms with Crippen LogP contribution in [0.1, 0.15) is 42.5 Å². The number of anilines is 1. The van der Waals surface area contributed by atoms with Crippen LogP contribution in [0.2, 0.25) is 10.0 Å². The molecule has 1 saturated carbocycles. The van der Waals surface area contributed by atoms with E-state index in [4.69, 9.17) is 28.3 Å². The van der Waals surface area contributed by atoms with Crippen LogP contribution in [-0.2, 0) is 0 Å². The lowest BCUT2D eigenvalue weighted by molar-refractivity contribution is 0.0697. The maximum absolute atomic E-state index is 11.9. The molecule has 114 valence electrons. The smallest absolute Gasteiger partial charge is 0.335 e. The molecular formula is C14H16Cl2N2O3. The number of carbonyl (C=O) groups excluding carboxylic acids is 1. The Morgan fingerprint density at radius 3 is 2.19 bits per heavy atom. The number of carboxylic acid groups (broad SMARTS) is 1. The largest absolute Gasteiger partial charge is 0.478 e. The predicted octanol–water partition coefficient (Wildman–Crippen LogP) is 4.15. The number of hydrogen-bond acceptors (Lipinski definition) is 2. The first-order valence-corrected chi connectivity index (χ1v) is 7.53. The summed E-state index contributed by atoms with van der Waals surface area (Å²) in [6.45, 7) is 0. The van der Waals surface area contributed by atoms with Crippen LogP contribution in [0.25, 0.3) is 0 Å². The molecular weight excluding hydrogens is 315 g/mol. The van der Waals surface area contributed by atoms with E-state index >= 15 is 0 Å². The lowest BCUT2D eigenvalue weighted by Crippen LogP contribution is -2.39. The molecule has 1 fully saturated rings. The highest BCUT2D eigenvalue weighted by atomic mass is 35.5. The molecule has 1 aliphatic carbocycles. The molecule has 0 aliphatic heterocycles. The molecule has 3 N–H and O–H groups in total. The van der Waals surface area contributed by atoms with Crippen molar-refractivity contribution in [3.05, 3.63) is 27.7 Å². The van der Waals surface area contributed by atoms with E-state index in [-0.39, 0.29) is 33.4 Å². The third-order valence-electron chi connectivity index (χ3n) is 3.47. The third-order valence-corrected chi connectivity index (χ3v) is 4.06. The standard InChI is InChI=1S/C14H16Cl2N2O3/c15-10-6-8(13(19)20)7-11(16)12(10)18-14(21)17-9-4-2-1-3-5-9/h6-7,9H,1-5H2,(H,19,20)(H2,17,18,21). The molecule has 7 heteroatoms. The highest BCUT2D eigenvalue weighted by Gasteiger charge is 2.18. The van der Waals surface area contributed by atoms with Gasteiger partial charge >= 0.3 is 12.0 Å². The van der Waals surface area contributed by atoms with Crippen LogP contribution < -0.4 is 10.6 Å². The molecule has 2 rings (SSSR count). The van der Waals surface area contributed by atoms with Crippen LogP contribution in [0.4, 0.5) is 10.5 Å². The van der Waals surface area contributed by atoms with Gasteiger partial charge in [-0.1, -0.05) is 42.5 Å². The molecule has 0 bridgehead atoms. The summed E-state index contributed by atoms with van der Waals surface area (Å²) in [7, 11) is 0. The second-order valence-electron chi connectivity index (χ2n) is 5.05. The van der Waals surface area contributed by atoms with Gasteiger partial charge in [-0.15, -0.1) is 0 Å². The molecule has 1 aromatic rings. The molecule has 0 radical (unpaired) electrons. The Balaban J connectivity index is 2.04. The molecule has 0 spiro atoms. The summed E-state index contributed by atoms with van der Waals surface area (Å²) in [5.74, 6) is -1.13. The quantitative estimate of drug-likeness (QED) is 0.779. The summed E-state index contributed by atoms with van der Waals surface area (Å²) in [5, 5.41) is 14.6. The fraction of sp³-hybridized carbons (Fsp3) is 0.429. The van der Waals surface area contributed by atoms with Crippen molar-refractivity contribution >= 4 is 40.9 Å². The Bertz CT molecular complexity index is 534. The number of carboxylic acids is 1. The van der Waals surface area contributed by atoms with Crippen LogP contribution in [0.15, 0.2) is 12.1 Å². The first-order valence-electron chi connectivity index (χ1n) is 6.77. The van der Waals surface area contributed by atoms with E-state index in [1.807, 2.05) is 0 Å². The van der Waals surface area contributed by atoms with Crippen LogP contribution in [-0.4, -0.2) is 23.1 Å². The number of aromatic carboxylic acids is 1. The normalized spacial score (nSPS) is 15.5. The minimum absolute atomic E-state index is 0.0248. The Morgan fingerprint density at radius 2 is 1.67 bits per heavy atom. The van der Waals surface area contributed by atoms with Crippen molar-refractivity contribution in [1.82, 2.24) is 5.32 Å². The van der Waals surface area contributed by atoms with Crippen LogP contribution in [0.5, 0.6) is 0 Å². The van der Waals surface area contributed by atoms with E-state index in [2.05, 4.69) is 10.6 Å². The zero-order valence-electron chi connectivity index (χ0n) is 11.3. The van der Waals surface area contributed by atoms with E-state index in [1.54, 1.807) is 0 Å². The molecule has 2 amide bonds. The van der Waals surface area contributed by atoms with Crippen molar-refractivity contribution in [2.75, 3.05) is 5.32 Å². The number of hydrogen-bond donors (Lipinski definition) is 3. The molecule has 0 heterocycles. The molecule has 21 heavy (non-hydrogen) atoms. The van der Waals surface area contributed by atoms with Crippen molar-refractivity contribution in [2.45, 2.75) is 38.1 Å². The fourth-order valence-electron chi connectivity index (χ4n) is 2.40. The number of nitrogens with one attached hydrogen (secondary N) is 2. The molecule has 1 aromatic carbocycles. The number of halogens is 2. The Hall–Kier alpha value is -1.46. The van der Waals surface area contributed by atoms with Crippen molar-refractivity contribution in [2.24, 2.45) is 0 Å². The van der Waals surface area contributed by atoms with Gasteiger partial charge in [-0.2, -0.15) is 0 Å². The number of carbonyl (C=O) groups is 2. The minimum atomic E-state index is -1.13. The first-order chi connectivity index (χ1) is 9.97. The van der Waals surface area contributed by atoms with E-state index in [1.165, 1.54) is 18.6 Å². The average molecular weight is 331 g/mol. The van der Waals surface area contributed by atoms with Gasteiger partial charge in [0.05, 0.1) is 21.3 Å². The highest BCUT2D eigenvalue weighted by Crippen LogP contribution is 2.32. The van der Waals surface area contributed by atoms with Crippen molar-refractivity contribution in [1.29, 1.82) is 0 Å². The van der Waals surface area contributed by atoms with Gasteiger partial charge in [0.2, 0.25) is 0 Å². The predicted molar refractivity (Wildman–Crippen MR) is 82.4 cm³/mol. The Kier molecular flexibility index (Phi) is 5.31. The van der Waals surface area contributed by atoms with Crippen molar-refractivity contribution in [3.63, 3.8) is 0 Å². The van der Waals surface area contributed by atoms with Gasteiger partial charge in [0.1, 0.15) is 0 Å². The molecule has 0 unspecified atom stereocenters. The SMILES string of the molecule is O=C(Nc1c(Cl)cc(C(=O)O)cc1Cl)NC1CCCCC1. The Labute approximate surface area is 132 Å². The van der Waals surface area contributed by atoms with Crippen molar-refractivity contribution in [3.8, 4) is 0 Å². The molecule has 0 atom stereocenters. The third kappa shape index (κ3) is 4.25. The summed E-state index contributed by atoms with van der Waals surface area (Å²) in [6, 6.07) is 2.29. The Morgan fingerprint density at radius 1 is 1.10 bits per heavy atom. The highest BCUT2D eigenvalue weighted by molar-refractivity contribution is 6.40. The maximum atomic E-state index is 11.9. The van der Waals surface area contributed by atoms with Gasteiger partial charge < -0.3 is 15.7 Å². The van der Waals surface area contributed by atoms with E-state index in [0.717, 1.165) is 25.7 Å². The summed E-state index contributed by atoms with van der Waals surface area (Å²) in [6.07, 6.45) is 5.35. The van der Waals surface area contributed by atoms with Crippen LogP contribution in [0.3, 0.4) is 0 Å². The van der Waals surface area contributed by atoms with Gasteiger partial charge in [0, 0.05) is 6.04 Å². The summed E-state index contributed by atoms with van der Waals surface area (Å²) in [4.78, 5) is 22.8. The minimum Gasteiger partial charge on any atom is -0.478 e. The summed E-state index contributed by atoms with van der Waals surface area (Å²) < 4.78 is 0. The van der Waals surface area contributed by atoms with Crippen molar-refractivity contribution < 1.29 is 14.7 Å². The number of rotatable bonds is 3. The van der Waals surface area contributed by atoms with E-state index in [0.29, 0.717) is 0 Å². The topological polar surface area (TPSA) is 78.4 Å². The second kappa shape index (κ2) is 7.00. The number of benzene rings is 1. The van der Waals surface area contributed by atoms with E-state index in [9.17, 15) is 9.59 Å². The lowest BCUT2D eigenvalue weighted by atomic mass is 9.96. The molecule has 5 nitrogen and oxygen atoms in total. The zero-order chi connectivity index (χ0) is 15.4.